The molecule has 1 rings (SSSR count). The summed E-state index contributed by atoms with van der Waals surface area (Å²) >= 11 is 0. The molecule has 0 saturated heterocycles. The van der Waals surface area contributed by atoms with E-state index >= 15 is 0 Å². The van der Waals surface area contributed by atoms with Crippen molar-refractivity contribution in [3.63, 3.8) is 0 Å². The van der Waals surface area contributed by atoms with Crippen LogP contribution in [0.25, 0.3) is 0 Å². The van der Waals surface area contributed by atoms with Gasteiger partial charge in [0.2, 0.25) is 35.4 Å². The largest absolute Gasteiger partial charge is 0.481 e. The molecule has 0 aromatic heterocycles. The topological polar surface area (TPSA) is 370 Å². The zero-order chi connectivity index (χ0) is 45.2. The Labute approximate surface area is 345 Å². The fraction of sp³-hybridized carbons (Fsp3) is 0.703. The minimum atomic E-state index is -1.66. The van der Waals surface area contributed by atoms with Crippen molar-refractivity contribution >= 4 is 65.3 Å². The molecule has 0 aromatic rings. The molecule has 0 aromatic carbocycles. The lowest BCUT2D eigenvalue weighted by atomic mass is 9.81. The van der Waals surface area contributed by atoms with Gasteiger partial charge in [-0.1, -0.05) is 0 Å². The van der Waals surface area contributed by atoms with Gasteiger partial charge in [0.1, 0.15) is 24.2 Å². The molecule has 6 amide bonds. The second-order valence-corrected chi connectivity index (χ2v) is 14.2. The first-order valence-electron chi connectivity index (χ1n) is 19.7. The van der Waals surface area contributed by atoms with Gasteiger partial charge in [-0.05, 0) is 70.6 Å². The van der Waals surface area contributed by atoms with E-state index in [1.54, 1.807) is 6.92 Å². The van der Waals surface area contributed by atoms with Gasteiger partial charge in [0.25, 0.3) is 0 Å². The summed E-state index contributed by atoms with van der Waals surface area (Å²) in [4.78, 5) is 134. The van der Waals surface area contributed by atoms with E-state index < -0.39 is 134 Å². The average Bonchev–Trinajstić information content (AvgIpc) is 3.18. The summed E-state index contributed by atoms with van der Waals surface area (Å²) in [7, 11) is 0. The van der Waals surface area contributed by atoms with Crippen LogP contribution in [0.5, 0.6) is 0 Å². The molecule has 4 atom stereocenters. The first kappa shape index (κ1) is 52.1. The summed E-state index contributed by atoms with van der Waals surface area (Å²) in [5.41, 5.74) is 0. The molecule has 1 saturated carbocycles. The summed E-state index contributed by atoms with van der Waals surface area (Å²) in [5, 5.41) is 60.7. The highest BCUT2D eigenvalue weighted by Crippen LogP contribution is 2.29. The Bertz CT molecular complexity index is 1520. The van der Waals surface area contributed by atoms with Crippen LogP contribution in [0.15, 0.2) is 0 Å². The Balaban J connectivity index is 2.92. The first-order valence-corrected chi connectivity index (χ1v) is 19.7. The predicted octanol–water partition coefficient (Wildman–Crippen LogP) is -1.29. The van der Waals surface area contributed by atoms with Crippen LogP contribution in [0.3, 0.4) is 0 Å². The fourth-order valence-electron chi connectivity index (χ4n) is 6.13. The fourth-order valence-corrected chi connectivity index (χ4v) is 6.13. The molecule has 0 aliphatic heterocycles. The van der Waals surface area contributed by atoms with Crippen LogP contribution in [-0.4, -0.2) is 141 Å². The van der Waals surface area contributed by atoms with E-state index in [4.69, 9.17) is 14.9 Å². The minimum Gasteiger partial charge on any atom is -0.481 e. The number of carboxylic acid groups (broad SMARTS) is 5. The monoisotopic (exact) mass is 858 g/mol. The van der Waals surface area contributed by atoms with Crippen LogP contribution < -0.4 is 31.9 Å². The van der Waals surface area contributed by atoms with Crippen molar-refractivity contribution in [2.24, 2.45) is 11.8 Å². The third-order valence-electron chi connectivity index (χ3n) is 9.48. The Morgan fingerprint density at radius 3 is 1.50 bits per heavy atom. The van der Waals surface area contributed by atoms with E-state index in [9.17, 15) is 68.1 Å². The number of aliphatic carboxylic acids is 5. The number of rotatable bonds is 31. The van der Waals surface area contributed by atoms with Crippen molar-refractivity contribution in [1.29, 1.82) is 0 Å². The summed E-state index contributed by atoms with van der Waals surface area (Å²) in [6.45, 7) is 2.55. The number of amides is 6. The van der Waals surface area contributed by atoms with Gasteiger partial charge < -0.3 is 62.2 Å². The van der Waals surface area contributed by atoms with Crippen molar-refractivity contribution in [1.82, 2.24) is 31.9 Å². The molecule has 0 spiro atoms. The van der Waals surface area contributed by atoms with Crippen molar-refractivity contribution in [3.8, 4) is 0 Å². The number of ether oxygens (including phenoxy) is 1. The first-order chi connectivity index (χ1) is 28.3. The zero-order valence-electron chi connectivity index (χ0n) is 33.5. The lowest BCUT2D eigenvalue weighted by Gasteiger charge is -2.29. The Morgan fingerprint density at radius 1 is 0.533 bits per heavy atom. The van der Waals surface area contributed by atoms with E-state index in [0.29, 0.717) is 38.8 Å². The maximum Gasteiger partial charge on any atom is 0.326 e. The van der Waals surface area contributed by atoms with Gasteiger partial charge in [0, 0.05) is 64.1 Å². The third-order valence-corrected chi connectivity index (χ3v) is 9.48. The van der Waals surface area contributed by atoms with Gasteiger partial charge in [-0.25, -0.2) is 4.79 Å². The van der Waals surface area contributed by atoms with E-state index in [-0.39, 0.29) is 50.7 Å². The van der Waals surface area contributed by atoms with E-state index in [0.717, 1.165) is 0 Å². The second-order valence-electron chi connectivity index (χ2n) is 14.2. The Kier molecular flexibility index (Phi) is 24.8. The number of carboxylic acids is 5. The van der Waals surface area contributed by atoms with Crippen LogP contribution in [0.1, 0.15) is 103 Å². The zero-order valence-corrected chi connectivity index (χ0v) is 33.5. The van der Waals surface area contributed by atoms with Gasteiger partial charge in [-0.3, -0.25) is 47.9 Å². The molecule has 1 aliphatic carbocycles. The normalized spacial score (nSPS) is 16.7. The van der Waals surface area contributed by atoms with Gasteiger partial charge >= 0.3 is 29.8 Å². The number of hydrogen-bond donors (Lipinski definition) is 11. The van der Waals surface area contributed by atoms with Crippen molar-refractivity contribution in [2.75, 3.05) is 26.3 Å². The van der Waals surface area contributed by atoms with Gasteiger partial charge in [0.05, 0.1) is 6.61 Å². The van der Waals surface area contributed by atoms with Crippen LogP contribution >= 0.6 is 0 Å². The summed E-state index contributed by atoms with van der Waals surface area (Å²) in [6.07, 6.45) is -2.21. The Morgan fingerprint density at radius 2 is 1.02 bits per heavy atom. The van der Waals surface area contributed by atoms with Gasteiger partial charge in [0.15, 0.2) is 0 Å². The summed E-state index contributed by atoms with van der Waals surface area (Å²) in [6, 6.07) is -6.23. The molecule has 0 heterocycles. The van der Waals surface area contributed by atoms with Gasteiger partial charge in [-0.15, -0.1) is 0 Å². The van der Waals surface area contributed by atoms with Crippen LogP contribution in [0, 0.1) is 11.8 Å². The highest BCUT2D eigenvalue weighted by molar-refractivity contribution is 5.95. The molecule has 11 N–H and O–H groups in total. The molecule has 1 aliphatic rings. The third kappa shape index (κ3) is 22.9. The lowest BCUT2D eigenvalue weighted by Crippen LogP contribution is -2.57. The van der Waals surface area contributed by atoms with E-state index in [1.807, 2.05) is 0 Å². The van der Waals surface area contributed by atoms with Crippen LogP contribution in [-0.2, 0) is 57.5 Å². The molecule has 60 heavy (non-hydrogen) atoms. The molecule has 0 radical (unpaired) electrons. The Hall–Kier alpha value is -5.87. The maximum absolute atomic E-state index is 13.4. The molecular formula is C37H58N6O17. The molecule has 1 fully saturated rings. The molecular weight excluding hydrogens is 800 g/mol. The maximum atomic E-state index is 13.4. The van der Waals surface area contributed by atoms with E-state index in [1.165, 1.54) is 0 Å². The molecule has 1 unspecified atom stereocenters. The van der Waals surface area contributed by atoms with Crippen LogP contribution in [0.2, 0.25) is 0 Å². The SMILES string of the molecule is CCOCCNC(=O)[C@H](CCC(=O)O)NC(=O)[C@H](CCC(=O)O)NC(=O)[C@H](CCC(=O)O)NC(=O)CCC(NC(=O)C1CCC(CNC(=O)CCCC(=O)O)CC1)C(=O)O. The minimum absolute atomic E-state index is 0.0153. The number of carbonyl (C=O) groups is 11. The highest BCUT2D eigenvalue weighted by atomic mass is 16.5. The standard InChI is InChI=1S/C37H58N6O17/c1-2-60-19-18-38-34(55)23(11-15-30(48)49)41-36(57)25(13-17-32(52)53)42-35(56)24(12-16-31(50)51)40-28(45)14-10-26(37(58)59)43-33(54)22-8-6-21(7-9-22)20-39-27(44)4-3-5-29(46)47/h21-26H,2-20H2,1H3,(H,38,55)(H,39,44)(H,40,45)(H,41,57)(H,42,56)(H,43,54)(H,46,47)(H,48,49)(H,50,51)(H,52,53)(H,58,59)/t21?,22?,23-,24-,25-,26?/m0/s1. The van der Waals surface area contributed by atoms with Crippen LogP contribution in [0.4, 0.5) is 0 Å². The molecule has 23 nitrogen and oxygen atoms in total. The quantitative estimate of drug-likeness (QED) is 0.0362. The molecule has 338 valence electrons. The van der Waals surface area contributed by atoms with Crippen molar-refractivity contribution in [3.05, 3.63) is 0 Å². The highest BCUT2D eigenvalue weighted by Gasteiger charge is 2.32. The predicted molar refractivity (Wildman–Crippen MR) is 205 cm³/mol. The number of carbonyl (C=O) groups excluding carboxylic acids is 6. The summed E-state index contributed by atoms with van der Waals surface area (Å²) in [5.74, 6) is -11.7. The van der Waals surface area contributed by atoms with Crippen molar-refractivity contribution < 1.29 is 83.0 Å². The summed E-state index contributed by atoms with van der Waals surface area (Å²) < 4.78 is 5.14. The van der Waals surface area contributed by atoms with Gasteiger partial charge in [-0.2, -0.15) is 0 Å². The molecule has 0 bridgehead atoms. The van der Waals surface area contributed by atoms with Crippen molar-refractivity contribution in [2.45, 2.75) is 127 Å². The second kappa shape index (κ2) is 28.5. The molecule has 23 heteroatoms. The number of hydrogen-bond acceptors (Lipinski definition) is 12. The van der Waals surface area contributed by atoms with E-state index in [2.05, 4.69) is 31.9 Å². The number of nitrogens with one attached hydrogen (secondary N) is 6. The average molecular weight is 859 g/mol. The lowest BCUT2D eigenvalue weighted by molar-refractivity contribution is -0.143. The smallest absolute Gasteiger partial charge is 0.326 e.